The molecule has 0 aliphatic heterocycles. The Balaban J connectivity index is 2.30. The van der Waals surface area contributed by atoms with Crippen LogP contribution in [-0.4, -0.2) is 29.6 Å². The number of hydrogen-bond donors (Lipinski definition) is 0. The summed E-state index contributed by atoms with van der Waals surface area (Å²) >= 11 is 0. The van der Waals surface area contributed by atoms with E-state index >= 15 is 0 Å². The molecule has 0 radical (unpaired) electrons. The molecule has 1 fully saturated rings. The second kappa shape index (κ2) is 6.55. The van der Waals surface area contributed by atoms with Crippen molar-refractivity contribution in [1.29, 1.82) is 0 Å². The first-order valence-corrected chi connectivity index (χ1v) is 7.44. The predicted molar refractivity (Wildman–Crippen MR) is 80.0 cm³/mol. The lowest BCUT2D eigenvalue weighted by Gasteiger charge is -2.24. The van der Waals surface area contributed by atoms with Gasteiger partial charge in [0.05, 0.1) is 5.57 Å². The van der Waals surface area contributed by atoms with Gasteiger partial charge in [-0.1, -0.05) is 44.2 Å². The Morgan fingerprint density at radius 2 is 1.86 bits per heavy atom. The summed E-state index contributed by atoms with van der Waals surface area (Å²) in [5.41, 5.74) is -0.865. The van der Waals surface area contributed by atoms with Crippen molar-refractivity contribution in [3.8, 4) is 0 Å². The van der Waals surface area contributed by atoms with Crippen LogP contribution in [-0.2, 0) is 4.79 Å². The summed E-state index contributed by atoms with van der Waals surface area (Å²) < 4.78 is 39.8. The van der Waals surface area contributed by atoms with Crippen LogP contribution in [0.2, 0.25) is 0 Å². The fourth-order valence-corrected chi connectivity index (χ4v) is 2.35. The van der Waals surface area contributed by atoms with Crippen LogP contribution in [0.4, 0.5) is 13.2 Å². The number of nitrogens with zero attached hydrogens (tertiary/aromatic N) is 1. The van der Waals surface area contributed by atoms with Gasteiger partial charge < -0.3 is 4.90 Å². The number of hydrogen-bond acceptors (Lipinski definition) is 1. The van der Waals surface area contributed by atoms with Gasteiger partial charge in [-0.05, 0) is 24.3 Å². The molecule has 0 N–H and O–H groups in total. The highest BCUT2D eigenvalue weighted by molar-refractivity contribution is 5.96. The minimum absolute atomic E-state index is 0.0173. The Morgan fingerprint density at radius 3 is 2.32 bits per heavy atom. The molecule has 0 aromatic heterocycles. The zero-order chi connectivity index (χ0) is 16.3. The molecule has 0 bridgehead atoms. The van der Waals surface area contributed by atoms with Crippen molar-refractivity contribution in [2.24, 2.45) is 5.92 Å². The Hall–Kier alpha value is -1.78. The maximum absolute atomic E-state index is 13.3. The van der Waals surface area contributed by atoms with Crippen molar-refractivity contribution >= 4 is 11.5 Å². The van der Waals surface area contributed by atoms with Crippen molar-refractivity contribution in [3.05, 3.63) is 42.0 Å². The number of benzene rings is 1. The molecule has 5 heteroatoms. The van der Waals surface area contributed by atoms with Gasteiger partial charge in [-0.25, -0.2) is 0 Å². The smallest absolute Gasteiger partial charge is 0.336 e. The first-order chi connectivity index (χ1) is 10.3. The van der Waals surface area contributed by atoms with Crippen LogP contribution in [0.15, 0.2) is 36.4 Å². The molecule has 0 spiro atoms. The molecule has 1 aromatic carbocycles. The van der Waals surface area contributed by atoms with E-state index in [-0.39, 0.29) is 17.5 Å². The summed E-state index contributed by atoms with van der Waals surface area (Å²) in [4.78, 5) is 13.9. The maximum atomic E-state index is 13.3. The number of halogens is 3. The lowest BCUT2D eigenvalue weighted by Crippen LogP contribution is -2.35. The third kappa shape index (κ3) is 4.36. The van der Waals surface area contributed by atoms with Gasteiger partial charge in [-0.15, -0.1) is 0 Å². The summed E-state index contributed by atoms with van der Waals surface area (Å²) in [5, 5.41) is 0. The molecular weight excluding hydrogens is 291 g/mol. The Labute approximate surface area is 128 Å². The first kappa shape index (κ1) is 16.6. The topological polar surface area (TPSA) is 20.3 Å². The average Bonchev–Trinajstić information content (AvgIpc) is 3.26. The van der Waals surface area contributed by atoms with E-state index < -0.39 is 17.7 Å². The van der Waals surface area contributed by atoms with Crippen molar-refractivity contribution < 1.29 is 18.0 Å². The molecule has 1 aliphatic carbocycles. The first-order valence-electron chi connectivity index (χ1n) is 7.44. The molecule has 0 heterocycles. The minimum atomic E-state index is -4.55. The van der Waals surface area contributed by atoms with E-state index in [1.807, 2.05) is 13.8 Å². The predicted octanol–water partition coefficient (Wildman–Crippen LogP) is 4.28. The lowest BCUT2D eigenvalue weighted by molar-refractivity contribution is -0.127. The second-order valence-electron chi connectivity index (χ2n) is 6.04. The third-order valence-electron chi connectivity index (χ3n) is 3.49. The highest BCUT2D eigenvalue weighted by Crippen LogP contribution is 2.35. The molecule has 1 aliphatic rings. The van der Waals surface area contributed by atoms with Crippen molar-refractivity contribution in [2.45, 2.75) is 38.9 Å². The molecule has 120 valence electrons. The number of alkyl halides is 3. The zero-order valence-corrected chi connectivity index (χ0v) is 12.7. The van der Waals surface area contributed by atoms with E-state index in [1.54, 1.807) is 11.0 Å². The van der Waals surface area contributed by atoms with Crippen molar-refractivity contribution in [3.63, 3.8) is 0 Å². The van der Waals surface area contributed by atoms with Crippen LogP contribution in [0.1, 0.15) is 32.3 Å². The van der Waals surface area contributed by atoms with Gasteiger partial charge in [-0.3, -0.25) is 4.79 Å². The van der Waals surface area contributed by atoms with Crippen molar-refractivity contribution in [2.75, 3.05) is 6.54 Å². The highest BCUT2D eigenvalue weighted by Gasteiger charge is 2.37. The molecule has 0 atom stereocenters. The van der Waals surface area contributed by atoms with Gasteiger partial charge in [-0.2, -0.15) is 13.2 Å². The fraction of sp³-hybridized carbons (Fsp3) is 0.471. The van der Waals surface area contributed by atoms with E-state index in [2.05, 4.69) is 0 Å². The monoisotopic (exact) mass is 311 g/mol. The van der Waals surface area contributed by atoms with Gasteiger partial charge >= 0.3 is 6.18 Å². The summed E-state index contributed by atoms with van der Waals surface area (Å²) in [6.07, 6.45) is -2.06. The zero-order valence-electron chi connectivity index (χ0n) is 12.7. The molecule has 1 saturated carbocycles. The lowest BCUT2D eigenvalue weighted by atomic mass is 10.0. The van der Waals surface area contributed by atoms with E-state index in [0.717, 1.165) is 18.9 Å². The minimum Gasteiger partial charge on any atom is -0.336 e. The molecule has 1 amide bonds. The number of rotatable bonds is 5. The van der Waals surface area contributed by atoms with Gasteiger partial charge in [0, 0.05) is 18.7 Å². The third-order valence-corrected chi connectivity index (χ3v) is 3.49. The molecular formula is C17H20F3NO. The van der Waals surface area contributed by atoms with Crippen LogP contribution in [0.5, 0.6) is 0 Å². The SMILES string of the molecule is CC(C)CN(C(=O)/C=C(/c1ccccc1)C(F)(F)F)C1CC1. The summed E-state index contributed by atoms with van der Waals surface area (Å²) in [6.45, 7) is 4.39. The number of allylic oxidation sites excluding steroid dienone is 1. The van der Waals surface area contributed by atoms with Gasteiger partial charge in [0.1, 0.15) is 0 Å². The average molecular weight is 311 g/mol. The molecule has 22 heavy (non-hydrogen) atoms. The van der Waals surface area contributed by atoms with E-state index in [4.69, 9.17) is 0 Å². The number of amides is 1. The summed E-state index contributed by atoms with van der Waals surface area (Å²) in [7, 11) is 0. The van der Waals surface area contributed by atoms with E-state index in [0.29, 0.717) is 6.54 Å². The van der Waals surface area contributed by atoms with Crippen LogP contribution in [0.3, 0.4) is 0 Å². The molecule has 0 unspecified atom stereocenters. The van der Waals surface area contributed by atoms with Crippen LogP contribution >= 0.6 is 0 Å². The van der Waals surface area contributed by atoms with Gasteiger partial charge in [0.15, 0.2) is 0 Å². The molecule has 1 aromatic rings. The maximum Gasteiger partial charge on any atom is 0.417 e. The number of carbonyl (C=O) groups excluding carboxylic acids is 1. The largest absolute Gasteiger partial charge is 0.417 e. The van der Waals surface area contributed by atoms with Crippen LogP contribution in [0.25, 0.3) is 5.57 Å². The fourth-order valence-electron chi connectivity index (χ4n) is 2.35. The van der Waals surface area contributed by atoms with Crippen molar-refractivity contribution in [1.82, 2.24) is 4.90 Å². The summed E-state index contributed by atoms with van der Waals surface area (Å²) in [6, 6.07) is 7.55. The Morgan fingerprint density at radius 1 is 1.27 bits per heavy atom. The Kier molecular flexibility index (Phi) is 4.94. The number of carbonyl (C=O) groups is 1. The highest BCUT2D eigenvalue weighted by atomic mass is 19.4. The summed E-state index contributed by atoms with van der Waals surface area (Å²) in [5.74, 6) is -0.323. The van der Waals surface area contributed by atoms with Crippen LogP contribution < -0.4 is 0 Å². The molecule has 0 saturated heterocycles. The van der Waals surface area contributed by atoms with E-state index in [1.165, 1.54) is 24.3 Å². The van der Waals surface area contributed by atoms with Gasteiger partial charge in [0.2, 0.25) is 5.91 Å². The quantitative estimate of drug-likeness (QED) is 0.743. The molecule has 2 nitrogen and oxygen atoms in total. The second-order valence-corrected chi connectivity index (χ2v) is 6.04. The standard InChI is InChI=1S/C17H20F3NO/c1-12(2)11-21(14-8-9-14)16(22)10-15(17(18,19)20)13-6-4-3-5-7-13/h3-7,10,12,14H,8-9,11H2,1-2H3/b15-10-. The Bertz CT molecular complexity index is 545. The molecule has 2 rings (SSSR count). The van der Waals surface area contributed by atoms with Crippen LogP contribution in [0, 0.1) is 5.92 Å². The van der Waals surface area contributed by atoms with E-state index in [9.17, 15) is 18.0 Å². The van der Waals surface area contributed by atoms with Gasteiger partial charge in [0.25, 0.3) is 0 Å². The normalized spacial score (nSPS) is 16.0.